The van der Waals surface area contributed by atoms with Gasteiger partial charge in [0.25, 0.3) is 5.19 Å². The van der Waals surface area contributed by atoms with Crippen molar-refractivity contribution in [3.63, 3.8) is 0 Å². The van der Waals surface area contributed by atoms with Crippen molar-refractivity contribution in [3.8, 4) is 10.9 Å². The summed E-state index contributed by atoms with van der Waals surface area (Å²) in [6, 6.07) is 7.86. The van der Waals surface area contributed by atoms with Crippen LogP contribution in [0.25, 0.3) is 0 Å². The molecule has 0 fully saturated rings. The molecule has 0 aliphatic rings. The van der Waals surface area contributed by atoms with E-state index < -0.39 is 0 Å². The Bertz CT molecular complexity index is 446. The summed E-state index contributed by atoms with van der Waals surface area (Å²) in [5, 5.41) is 2.54. The number of thiazole rings is 1. The lowest BCUT2D eigenvalue weighted by Gasteiger charge is -2.00. The zero-order valence-corrected chi connectivity index (χ0v) is 11.5. The van der Waals surface area contributed by atoms with Gasteiger partial charge in [0.05, 0.1) is 0 Å². The molecule has 2 rings (SSSR count). The van der Waals surface area contributed by atoms with E-state index in [1.165, 1.54) is 11.3 Å². The van der Waals surface area contributed by atoms with Gasteiger partial charge in [-0.3, -0.25) is 0 Å². The van der Waals surface area contributed by atoms with Crippen LogP contribution in [0.4, 0.5) is 0 Å². The highest BCUT2D eigenvalue weighted by Gasteiger charge is 2.02. The minimum Gasteiger partial charge on any atom is -0.431 e. The van der Waals surface area contributed by atoms with E-state index in [-0.39, 0.29) is 0 Å². The molecule has 0 saturated carbocycles. The van der Waals surface area contributed by atoms with Crippen LogP contribution in [0, 0.1) is 3.57 Å². The van der Waals surface area contributed by atoms with Crippen LogP contribution in [0.2, 0.25) is 0 Å². The fraction of sp³-hybridized carbons (Fsp3) is 0. The van der Waals surface area contributed by atoms with Crippen molar-refractivity contribution in [2.45, 2.75) is 0 Å². The second-order valence-corrected chi connectivity index (χ2v) is 5.37. The number of benzene rings is 1. The molecular weight excluding hydrogens is 377 g/mol. The number of nitrogens with zero attached hydrogens (tertiary/aromatic N) is 1. The molecule has 1 aromatic heterocycles. The fourth-order valence-electron chi connectivity index (χ4n) is 0.917. The summed E-state index contributed by atoms with van der Waals surface area (Å²) in [5.74, 6) is 0.818. The number of hydrogen-bond donors (Lipinski definition) is 0. The first kappa shape index (κ1) is 10.4. The maximum Gasteiger partial charge on any atom is 0.279 e. The number of aromatic nitrogens is 1. The predicted octanol–water partition coefficient (Wildman–Crippen LogP) is 4.30. The van der Waals surface area contributed by atoms with E-state index in [4.69, 9.17) is 4.74 Å². The summed E-state index contributed by atoms with van der Waals surface area (Å²) in [4.78, 5) is 4.15. The van der Waals surface area contributed by atoms with Gasteiger partial charge in [0, 0.05) is 8.95 Å². The summed E-state index contributed by atoms with van der Waals surface area (Å²) in [7, 11) is 0. The summed E-state index contributed by atoms with van der Waals surface area (Å²) in [6.07, 6.45) is 0. The molecule has 1 heterocycles. The molecule has 5 heteroatoms. The summed E-state index contributed by atoms with van der Waals surface area (Å²) in [6.45, 7) is 0. The van der Waals surface area contributed by atoms with Gasteiger partial charge >= 0.3 is 0 Å². The van der Waals surface area contributed by atoms with E-state index in [9.17, 15) is 0 Å². The van der Waals surface area contributed by atoms with E-state index in [1.54, 1.807) is 0 Å². The summed E-state index contributed by atoms with van der Waals surface area (Å²) in [5.41, 5.74) is 0. The third-order valence-electron chi connectivity index (χ3n) is 1.46. The average molecular weight is 382 g/mol. The van der Waals surface area contributed by atoms with E-state index >= 15 is 0 Å². The number of halogens is 2. The topological polar surface area (TPSA) is 22.1 Å². The van der Waals surface area contributed by atoms with Crippen molar-refractivity contribution >= 4 is 49.9 Å². The van der Waals surface area contributed by atoms with Gasteiger partial charge in [0.1, 0.15) is 10.4 Å². The summed E-state index contributed by atoms with van der Waals surface area (Å²) >= 11 is 6.99. The first-order valence-corrected chi connectivity index (χ1v) is 6.53. The largest absolute Gasteiger partial charge is 0.431 e. The normalized spacial score (nSPS) is 10.1. The molecule has 0 unspecified atom stereocenters. The van der Waals surface area contributed by atoms with Gasteiger partial charge in [0.2, 0.25) is 0 Å². The van der Waals surface area contributed by atoms with Crippen LogP contribution in [0.15, 0.2) is 34.2 Å². The number of rotatable bonds is 2. The monoisotopic (exact) mass is 381 g/mol. The van der Waals surface area contributed by atoms with E-state index in [2.05, 4.69) is 43.5 Å². The highest BCUT2D eigenvalue weighted by atomic mass is 127. The molecule has 0 saturated heterocycles. The Morgan fingerprint density at radius 3 is 2.93 bits per heavy atom. The molecule has 1 aromatic carbocycles. The molecule has 0 aliphatic carbocycles. The maximum absolute atomic E-state index is 5.55. The van der Waals surface area contributed by atoms with Crippen LogP contribution in [-0.4, -0.2) is 4.98 Å². The highest BCUT2D eigenvalue weighted by molar-refractivity contribution is 14.1. The van der Waals surface area contributed by atoms with Crippen LogP contribution >= 0.6 is 49.9 Å². The van der Waals surface area contributed by atoms with E-state index in [1.807, 2.05) is 29.6 Å². The molecule has 2 nitrogen and oxygen atoms in total. The predicted molar refractivity (Wildman–Crippen MR) is 69.0 cm³/mol. The Labute approximate surface area is 108 Å². The third-order valence-corrected chi connectivity index (χ3v) is 3.55. The van der Waals surface area contributed by atoms with Crippen molar-refractivity contribution in [2.24, 2.45) is 0 Å². The van der Waals surface area contributed by atoms with Gasteiger partial charge in [0.15, 0.2) is 0 Å². The first-order chi connectivity index (χ1) is 6.74. The molecule has 14 heavy (non-hydrogen) atoms. The Kier molecular flexibility index (Phi) is 3.40. The lowest BCUT2D eigenvalue weighted by Crippen LogP contribution is -1.83. The Hall–Kier alpha value is -0.140. The second kappa shape index (κ2) is 4.59. The molecule has 0 atom stereocenters. The SMILES string of the molecule is Brc1csc(Oc2cccc(I)c2)n1. The van der Waals surface area contributed by atoms with Crippen LogP contribution in [0.3, 0.4) is 0 Å². The fourth-order valence-corrected chi connectivity index (χ4v) is 2.54. The minimum atomic E-state index is 0.652. The molecule has 0 radical (unpaired) electrons. The highest BCUT2D eigenvalue weighted by Crippen LogP contribution is 2.27. The number of hydrogen-bond acceptors (Lipinski definition) is 3. The standard InChI is InChI=1S/C9H5BrINOS/c10-8-5-14-9(12-8)13-7-3-1-2-6(11)4-7/h1-5H. The molecular formula is C9H5BrINOS. The molecule has 0 spiro atoms. The zero-order chi connectivity index (χ0) is 9.97. The van der Waals surface area contributed by atoms with Gasteiger partial charge in [-0.1, -0.05) is 17.4 Å². The smallest absolute Gasteiger partial charge is 0.279 e. The first-order valence-electron chi connectivity index (χ1n) is 3.78. The molecule has 0 N–H and O–H groups in total. The molecule has 0 amide bonds. The second-order valence-electron chi connectivity index (χ2n) is 2.50. The van der Waals surface area contributed by atoms with Crippen molar-refractivity contribution in [3.05, 3.63) is 37.8 Å². The van der Waals surface area contributed by atoms with Crippen LogP contribution in [0.1, 0.15) is 0 Å². The third kappa shape index (κ3) is 2.68. The average Bonchev–Trinajstić information content (AvgIpc) is 2.51. The molecule has 0 bridgehead atoms. The summed E-state index contributed by atoms with van der Waals surface area (Å²) < 4.78 is 7.51. The van der Waals surface area contributed by atoms with Crippen LogP contribution < -0.4 is 4.74 Å². The Morgan fingerprint density at radius 2 is 2.29 bits per heavy atom. The van der Waals surface area contributed by atoms with Gasteiger partial charge in [-0.2, -0.15) is 4.98 Å². The van der Waals surface area contributed by atoms with E-state index in [0.717, 1.165) is 13.9 Å². The van der Waals surface area contributed by atoms with E-state index in [0.29, 0.717) is 5.19 Å². The molecule has 72 valence electrons. The number of ether oxygens (including phenoxy) is 1. The van der Waals surface area contributed by atoms with Crippen molar-refractivity contribution in [1.82, 2.24) is 4.98 Å². The van der Waals surface area contributed by atoms with Crippen LogP contribution in [-0.2, 0) is 0 Å². The van der Waals surface area contributed by atoms with Gasteiger partial charge in [-0.05, 0) is 56.7 Å². The van der Waals surface area contributed by atoms with Crippen molar-refractivity contribution < 1.29 is 4.74 Å². The van der Waals surface area contributed by atoms with Crippen molar-refractivity contribution in [1.29, 1.82) is 0 Å². The molecule has 0 aliphatic heterocycles. The quantitative estimate of drug-likeness (QED) is 0.723. The lowest BCUT2D eigenvalue weighted by atomic mass is 10.3. The maximum atomic E-state index is 5.55. The van der Waals surface area contributed by atoms with Crippen LogP contribution in [0.5, 0.6) is 10.9 Å². The minimum absolute atomic E-state index is 0.652. The van der Waals surface area contributed by atoms with Crippen molar-refractivity contribution in [2.75, 3.05) is 0 Å². The van der Waals surface area contributed by atoms with Gasteiger partial charge < -0.3 is 4.74 Å². The zero-order valence-electron chi connectivity index (χ0n) is 6.91. The lowest BCUT2D eigenvalue weighted by molar-refractivity contribution is 0.477. The van der Waals surface area contributed by atoms with Gasteiger partial charge in [-0.15, -0.1) is 0 Å². The Morgan fingerprint density at radius 1 is 1.43 bits per heavy atom. The Balaban J connectivity index is 2.18. The molecule has 2 aromatic rings. The van der Waals surface area contributed by atoms with Gasteiger partial charge in [-0.25, -0.2) is 0 Å².